The van der Waals surface area contributed by atoms with Crippen LogP contribution in [0.25, 0.3) is 11.3 Å². The molecule has 3 nitrogen and oxygen atoms in total. The first-order valence-corrected chi connectivity index (χ1v) is 8.22. The second-order valence-electron chi connectivity index (χ2n) is 7.06. The molecule has 0 spiro atoms. The number of hydrogen-bond acceptors (Lipinski definition) is 2. The second kappa shape index (κ2) is 4.12. The summed E-state index contributed by atoms with van der Waals surface area (Å²) < 4.78 is 2.40. The predicted octanol–water partition coefficient (Wildman–Crippen LogP) is 3.71. The number of benzene rings is 1. The molecule has 0 unspecified atom stereocenters. The Morgan fingerprint density at radius 2 is 2.19 bits per heavy atom. The zero-order valence-corrected chi connectivity index (χ0v) is 12.3. The lowest BCUT2D eigenvalue weighted by atomic mass is 10.00. The van der Waals surface area contributed by atoms with Gasteiger partial charge in [-0.3, -0.25) is 0 Å². The highest BCUT2D eigenvalue weighted by molar-refractivity contribution is 5.79. The van der Waals surface area contributed by atoms with Crippen LogP contribution in [-0.2, 0) is 13.0 Å². The highest BCUT2D eigenvalue weighted by atomic mass is 15.1. The van der Waals surface area contributed by atoms with Gasteiger partial charge in [-0.15, -0.1) is 0 Å². The molecule has 21 heavy (non-hydrogen) atoms. The van der Waals surface area contributed by atoms with Crippen molar-refractivity contribution in [2.75, 3.05) is 11.9 Å². The van der Waals surface area contributed by atoms with Crippen LogP contribution in [0.15, 0.2) is 30.7 Å². The van der Waals surface area contributed by atoms with Crippen molar-refractivity contribution in [1.29, 1.82) is 0 Å². The van der Waals surface area contributed by atoms with E-state index >= 15 is 0 Å². The summed E-state index contributed by atoms with van der Waals surface area (Å²) in [5.41, 5.74) is 6.00. The highest BCUT2D eigenvalue weighted by Crippen LogP contribution is 2.62. The quantitative estimate of drug-likeness (QED) is 0.924. The van der Waals surface area contributed by atoms with Crippen molar-refractivity contribution in [1.82, 2.24) is 9.55 Å². The molecule has 2 fully saturated rings. The van der Waals surface area contributed by atoms with Gasteiger partial charge in [0.25, 0.3) is 0 Å². The fraction of sp³-hybridized carbons (Fsp3) is 0.500. The van der Waals surface area contributed by atoms with Crippen LogP contribution >= 0.6 is 0 Å². The standard InChI is InChI=1S/C18H21N3/c1-2-13-6-9-20-17(13)15(3-1)16-10-19-12-21(16)11-18(7-8-18)14-4-5-14/h1-3,10,12,14,20H,4-9,11H2. The molecule has 0 bridgehead atoms. The lowest BCUT2D eigenvalue weighted by Gasteiger charge is -2.18. The zero-order chi connectivity index (χ0) is 13.9. The number of fused-ring (bicyclic) bond motifs is 1. The van der Waals surface area contributed by atoms with E-state index in [2.05, 4.69) is 33.1 Å². The van der Waals surface area contributed by atoms with Gasteiger partial charge in [0, 0.05) is 24.3 Å². The molecule has 108 valence electrons. The Bertz CT molecular complexity index is 692. The Hall–Kier alpha value is -1.77. The van der Waals surface area contributed by atoms with E-state index in [1.54, 1.807) is 0 Å². The van der Waals surface area contributed by atoms with E-state index in [0.717, 1.165) is 25.4 Å². The van der Waals surface area contributed by atoms with Crippen LogP contribution < -0.4 is 5.32 Å². The lowest BCUT2D eigenvalue weighted by Crippen LogP contribution is -2.14. The van der Waals surface area contributed by atoms with Gasteiger partial charge < -0.3 is 9.88 Å². The minimum atomic E-state index is 0.612. The van der Waals surface area contributed by atoms with E-state index in [4.69, 9.17) is 0 Å². The number of hydrogen-bond donors (Lipinski definition) is 1. The first kappa shape index (κ1) is 11.8. The molecule has 3 aliphatic rings. The first-order chi connectivity index (χ1) is 10.4. The Balaban J connectivity index is 1.53. The van der Waals surface area contributed by atoms with Crippen molar-refractivity contribution >= 4 is 5.69 Å². The summed E-state index contributed by atoms with van der Waals surface area (Å²) in [6.45, 7) is 2.23. The number of para-hydroxylation sites is 1. The zero-order valence-electron chi connectivity index (χ0n) is 12.3. The van der Waals surface area contributed by atoms with E-state index < -0.39 is 0 Å². The molecule has 1 aliphatic heterocycles. The maximum Gasteiger partial charge on any atom is 0.0951 e. The summed E-state index contributed by atoms with van der Waals surface area (Å²) in [7, 11) is 0. The summed E-state index contributed by atoms with van der Waals surface area (Å²) in [5, 5.41) is 3.56. The summed E-state index contributed by atoms with van der Waals surface area (Å²) in [6, 6.07) is 6.67. The van der Waals surface area contributed by atoms with Crippen LogP contribution in [0.3, 0.4) is 0 Å². The van der Waals surface area contributed by atoms with E-state index in [0.29, 0.717) is 5.41 Å². The molecule has 2 heterocycles. The summed E-state index contributed by atoms with van der Waals surface area (Å²) in [4.78, 5) is 4.45. The Kier molecular flexibility index (Phi) is 2.33. The average molecular weight is 279 g/mol. The topological polar surface area (TPSA) is 29.9 Å². The molecule has 0 saturated heterocycles. The van der Waals surface area contributed by atoms with Gasteiger partial charge in [-0.25, -0.2) is 4.98 Å². The fourth-order valence-corrected chi connectivity index (χ4v) is 4.11. The molecule has 1 aromatic carbocycles. The number of nitrogens with zero attached hydrogens (tertiary/aromatic N) is 2. The normalized spacial score (nSPS) is 21.9. The molecular formula is C18H21N3. The van der Waals surface area contributed by atoms with Crippen molar-refractivity contribution in [3.63, 3.8) is 0 Å². The van der Waals surface area contributed by atoms with E-state index in [1.165, 1.54) is 48.2 Å². The van der Waals surface area contributed by atoms with Gasteiger partial charge in [0.2, 0.25) is 0 Å². The molecule has 0 amide bonds. The van der Waals surface area contributed by atoms with Crippen molar-refractivity contribution in [3.8, 4) is 11.3 Å². The largest absolute Gasteiger partial charge is 0.384 e. The molecule has 2 saturated carbocycles. The molecule has 0 radical (unpaired) electrons. The molecule has 0 atom stereocenters. The maximum absolute atomic E-state index is 4.45. The molecule has 5 rings (SSSR count). The van der Waals surface area contributed by atoms with Crippen LogP contribution in [0.5, 0.6) is 0 Å². The van der Waals surface area contributed by atoms with E-state index in [-0.39, 0.29) is 0 Å². The summed E-state index contributed by atoms with van der Waals surface area (Å²) in [5.74, 6) is 0.993. The third kappa shape index (κ3) is 1.83. The number of rotatable bonds is 4. The average Bonchev–Trinajstić information content (AvgIpc) is 3.38. The molecule has 2 aliphatic carbocycles. The Morgan fingerprint density at radius 1 is 1.29 bits per heavy atom. The van der Waals surface area contributed by atoms with Crippen LogP contribution in [0.4, 0.5) is 5.69 Å². The Morgan fingerprint density at radius 3 is 3.00 bits per heavy atom. The minimum absolute atomic E-state index is 0.612. The lowest BCUT2D eigenvalue weighted by molar-refractivity contribution is 0.372. The van der Waals surface area contributed by atoms with Crippen LogP contribution in [0.1, 0.15) is 31.2 Å². The van der Waals surface area contributed by atoms with Gasteiger partial charge in [-0.2, -0.15) is 0 Å². The summed E-state index contributed by atoms with van der Waals surface area (Å²) >= 11 is 0. The fourth-order valence-electron chi connectivity index (χ4n) is 4.11. The number of imidazole rings is 1. The predicted molar refractivity (Wildman–Crippen MR) is 84.2 cm³/mol. The number of anilines is 1. The maximum atomic E-state index is 4.45. The first-order valence-electron chi connectivity index (χ1n) is 8.22. The van der Waals surface area contributed by atoms with Gasteiger partial charge in [0.05, 0.1) is 18.2 Å². The molecular weight excluding hydrogens is 258 g/mol. The molecule has 1 N–H and O–H groups in total. The van der Waals surface area contributed by atoms with E-state index in [9.17, 15) is 0 Å². The van der Waals surface area contributed by atoms with Gasteiger partial charge in [-0.05, 0) is 49.0 Å². The van der Waals surface area contributed by atoms with Crippen LogP contribution in [-0.4, -0.2) is 16.1 Å². The summed E-state index contributed by atoms with van der Waals surface area (Å²) in [6.07, 6.45) is 11.0. The number of aromatic nitrogens is 2. The minimum Gasteiger partial charge on any atom is -0.384 e. The van der Waals surface area contributed by atoms with Crippen molar-refractivity contribution in [2.45, 2.75) is 38.6 Å². The molecule has 2 aromatic rings. The Labute approximate surface area is 125 Å². The van der Waals surface area contributed by atoms with Gasteiger partial charge >= 0.3 is 0 Å². The van der Waals surface area contributed by atoms with Crippen molar-refractivity contribution in [2.24, 2.45) is 11.3 Å². The SMILES string of the molecule is c1cc2c(c(-c3cncn3CC3(C4CC4)CC3)c1)NCC2. The second-order valence-corrected chi connectivity index (χ2v) is 7.06. The van der Waals surface area contributed by atoms with Crippen molar-refractivity contribution in [3.05, 3.63) is 36.3 Å². The molecule has 3 heteroatoms. The third-order valence-corrected chi connectivity index (χ3v) is 5.66. The van der Waals surface area contributed by atoms with Gasteiger partial charge in [0.1, 0.15) is 0 Å². The van der Waals surface area contributed by atoms with Gasteiger partial charge in [-0.1, -0.05) is 18.2 Å². The van der Waals surface area contributed by atoms with Crippen LogP contribution in [0, 0.1) is 11.3 Å². The molecule has 1 aromatic heterocycles. The monoisotopic (exact) mass is 279 g/mol. The third-order valence-electron chi connectivity index (χ3n) is 5.66. The van der Waals surface area contributed by atoms with Crippen LogP contribution in [0.2, 0.25) is 0 Å². The smallest absolute Gasteiger partial charge is 0.0951 e. The van der Waals surface area contributed by atoms with Gasteiger partial charge in [0.15, 0.2) is 0 Å². The number of nitrogens with one attached hydrogen (secondary N) is 1. The highest BCUT2D eigenvalue weighted by Gasteiger charge is 2.53. The van der Waals surface area contributed by atoms with Crippen molar-refractivity contribution < 1.29 is 0 Å². The van der Waals surface area contributed by atoms with E-state index in [1.807, 2.05) is 12.5 Å².